The number of methoxy groups -OCH3 is 1. The molecule has 0 unspecified atom stereocenters. The second kappa shape index (κ2) is 12.2. The molecule has 0 aliphatic rings. The number of carbonyl (C=O) groups excluding carboxylic acids is 1. The van der Waals surface area contributed by atoms with Gasteiger partial charge in [0, 0.05) is 16.4 Å². The van der Waals surface area contributed by atoms with Crippen LogP contribution in [0.3, 0.4) is 0 Å². The summed E-state index contributed by atoms with van der Waals surface area (Å²) in [5.41, 5.74) is 3.26. The van der Waals surface area contributed by atoms with E-state index in [9.17, 15) is 4.79 Å². The topological polar surface area (TPSA) is 50.4 Å². The minimum absolute atomic E-state index is 0.316. The Morgan fingerprint density at radius 1 is 0.920 bits per heavy atom. The largest absolute Gasteiger partial charge is 0.497 e. The molecule has 0 spiro atoms. The zero-order valence-electron chi connectivity index (χ0n) is 16.2. The lowest BCUT2D eigenvalue weighted by Gasteiger charge is -2.11. The molecule has 0 aliphatic carbocycles. The van der Waals surface area contributed by atoms with Crippen molar-refractivity contribution < 1.29 is 9.53 Å². The van der Waals surface area contributed by atoms with Gasteiger partial charge < -0.3 is 15.4 Å². The second-order valence-corrected chi connectivity index (χ2v) is 5.13. The number of ether oxygens (including phenoxy) is 1. The van der Waals surface area contributed by atoms with Crippen molar-refractivity contribution in [1.29, 1.82) is 0 Å². The van der Waals surface area contributed by atoms with Crippen molar-refractivity contribution in [1.82, 2.24) is 0 Å². The molecule has 0 aliphatic heterocycles. The smallest absolute Gasteiger partial charge is 0.323 e. The normalized spacial score (nSPS) is 8.96. The number of anilines is 2. The summed E-state index contributed by atoms with van der Waals surface area (Å²) >= 11 is 6.03. The SMILES string of the molecule is CC.CC.COc1ccc(NC(=O)Nc2ccc(C)c(Cl)c2)c(C)c1. The van der Waals surface area contributed by atoms with E-state index in [4.69, 9.17) is 16.3 Å². The van der Waals surface area contributed by atoms with Gasteiger partial charge in [-0.1, -0.05) is 45.4 Å². The Bertz CT molecular complexity index is 673. The quantitative estimate of drug-likeness (QED) is 0.639. The van der Waals surface area contributed by atoms with Gasteiger partial charge >= 0.3 is 6.03 Å². The molecule has 25 heavy (non-hydrogen) atoms. The molecule has 138 valence electrons. The third-order valence-corrected chi connectivity index (χ3v) is 3.52. The zero-order valence-corrected chi connectivity index (χ0v) is 16.9. The lowest BCUT2D eigenvalue weighted by Crippen LogP contribution is -2.20. The van der Waals surface area contributed by atoms with Gasteiger partial charge in [0.05, 0.1) is 7.11 Å². The van der Waals surface area contributed by atoms with E-state index in [-0.39, 0.29) is 6.03 Å². The van der Waals surface area contributed by atoms with Crippen molar-refractivity contribution in [3.8, 4) is 5.75 Å². The van der Waals surface area contributed by atoms with E-state index in [1.165, 1.54) is 0 Å². The van der Waals surface area contributed by atoms with Gasteiger partial charge in [-0.05, 0) is 55.3 Å². The molecular weight excluding hydrogens is 336 g/mol. The maximum Gasteiger partial charge on any atom is 0.323 e. The van der Waals surface area contributed by atoms with E-state index >= 15 is 0 Å². The molecule has 0 heterocycles. The highest BCUT2D eigenvalue weighted by molar-refractivity contribution is 6.31. The summed E-state index contributed by atoms with van der Waals surface area (Å²) in [5.74, 6) is 0.753. The molecule has 2 amide bonds. The molecule has 2 N–H and O–H groups in total. The highest BCUT2D eigenvalue weighted by Gasteiger charge is 2.07. The number of rotatable bonds is 3. The van der Waals surface area contributed by atoms with E-state index in [2.05, 4.69) is 10.6 Å². The lowest BCUT2D eigenvalue weighted by molar-refractivity contribution is 0.262. The maximum absolute atomic E-state index is 12.0. The summed E-state index contributed by atoms with van der Waals surface area (Å²) < 4.78 is 5.13. The molecule has 5 heteroatoms. The third kappa shape index (κ3) is 7.48. The Labute approximate surface area is 156 Å². The summed E-state index contributed by atoms with van der Waals surface area (Å²) in [7, 11) is 1.61. The number of urea groups is 1. The van der Waals surface area contributed by atoms with Crippen LogP contribution in [0.2, 0.25) is 5.02 Å². The van der Waals surface area contributed by atoms with Crippen LogP contribution < -0.4 is 15.4 Å². The van der Waals surface area contributed by atoms with Crippen molar-refractivity contribution in [3.05, 3.63) is 52.5 Å². The fraction of sp³-hybridized carbons (Fsp3) is 0.350. The molecule has 0 fully saturated rings. The minimum atomic E-state index is -0.316. The Morgan fingerprint density at radius 3 is 2.08 bits per heavy atom. The van der Waals surface area contributed by atoms with E-state index in [0.29, 0.717) is 10.7 Å². The van der Waals surface area contributed by atoms with Crippen LogP contribution in [-0.2, 0) is 0 Å². The number of carbonyl (C=O) groups is 1. The van der Waals surface area contributed by atoms with E-state index in [1.54, 1.807) is 25.3 Å². The van der Waals surface area contributed by atoms with Gasteiger partial charge in [-0.25, -0.2) is 4.79 Å². The molecule has 2 aromatic rings. The molecule has 0 atom stereocenters. The number of nitrogens with one attached hydrogen (secondary N) is 2. The summed E-state index contributed by atoms with van der Waals surface area (Å²) in [6.45, 7) is 11.8. The molecule has 0 saturated heterocycles. The van der Waals surface area contributed by atoms with Crippen molar-refractivity contribution in [3.63, 3.8) is 0 Å². The monoisotopic (exact) mass is 364 g/mol. The fourth-order valence-electron chi connectivity index (χ4n) is 1.86. The first-order valence-electron chi connectivity index (χ1n) is 8.48. The van der Waals surface area contributed by atoms with Gasteiger partial charge in [0.2, 0.25) is 0 Å². The van der Waals surface area contributed by atoms with Gasteiger partial charge in [0.25, 0.3) is 0 Å². The van der Waals surface area contributed by atoms with Crippen LogP contribution >= 0.6 is 11.6 Å². The highest BCUT2D eigenvalue weighted by Crippen LogP contribution is 2.22. The summed E-state index contributed by atoms with van der Waals surface area (Å²) in [4.78, 5) is 12.0. The molecule has 2 aromatic carbocycles. The van der Waals surface area contributed by atoms with Gasteiger partial charge in [0.15, 0.2) is 0 Å². The van der Waals surface area contributed by atoms with Crippen LogP contribution in [0.5, 0.6) is 5.75 Å². The Kier molecular flexibility index (Phi) is 11.1. The number of benzene rings is 2. The number of hydrogen-bond donors (Lipinski definition) is 2. The fourth-order valence-corrected chi connectivity index (χ4v) is 2.04. The molecular formula is C20H29ClN2O2. The summed E-state index contributed by atoms with van der Waals surface area (Å²) in [6.07, 6.45) is 0. The predicted octanol–water partition coefficient (Wildman–Crippen LogP) is 6.66. The van der Waals surface area contributed by atoms with Crippen LogP contribution in [0.25, 0.3) is 0 Å². The Hall–Kier alpha value is -2.20. The first kappa shape index (κ1) is 22.8. The number of hydrogen-bond acceptors (Lipinski definition) is 2. The van der Waals surface area contributed by atoms with Crippen LogP contribution in [0.4, 0.5) is 16.2 Å². The minimum Gasteiger partial charge on any atom is -0.497 e. The lowest BCUT2D eigenvalue weighted by atomic mass is 10.2. The second-order valence-electron chi connectivity index (χ2n) is 4.72. The maximum atomic E-state index is 12.0. The number of aryl methyl sites for hydroxylation is 2. The third-order valence-electron chi connectivity index (χ3n) is 3.11. The average Bonchev–Trinajstić information content (AvgIpc) is 2.63. The summed E-state index contributed by atoms with van der Waals surface area (Å²) in [6, 6.07) is 10.5. The van der Waals surface area contributed by atoms with Crippen LogP contribution in [0, 0.1) is 13.8 Å². The van der Waals surface area contributed by atoms with Gasteiger partial charge in [0.1, 0.15) is 5.75 Å². The molecule has 0 saturated carbocycles. The first-order chi connectivity index (χ1) is 12.0. The van der Waals surface area contributed by atoms with Crippen molar-refractivity contribution in [2.75, 3.05) is 17.7 Å². The number of amides is 2. The molecule has 0 aromatic heterocycles. The van der Waals surface area contributed by atoms with Crippen molar-refractivity contribution >= 4 is 29.0 Å². The number of halogens is 1. The van der Waals surface area contributed by atoms with Crippen molar-refractivity contribution in [2.24, 2.45) is 0 Å². The molecule has 0 bridgehead atoms. The predicted molar refractivity (Wildman–Crippen MR) is 109 cm³/mol. The average molecular weight is 365 g/mol. The first-order valence-corrected chi connectivity index (χ1v) is 8.86. The van der Waals surface area contributed by atoms with Gasteiger partial charge in [-0.2, -0.15) is 0 Å². The Balaban J connectivity index is 0.00000134. The molecule has 2 rings (SSSR count). The molecule has 4 nitrogen and oxygen atoms in total. The van der Waals surface area contributed by atoms with Crippen LogP contribution in [-0.4, -0.2) is 13.1 Å². The van der Waals surface area contributed by atoms with Crippen LogP contribution in [0.1, 0.15) is 38.8 Å². The van der Waals surface area contributed by atoms with Crippen molar-refractivity contribution in [2.45, 2.75) is 41.5 Å². The van der Waals surface area contributed by atoms with E-state index in [1.807, 2.05) is 59.7 Å². The van der Waals surface area contributed by atoms with E-state index < -0.39 is 0 Å². The molecule has 0 radical (unpaired) electrons. The standard InChI is InChI=1S/C16H17ClN2O2.2C2H6/c1-10-4-5-12(9-14(10)17)18-16(20)19-15-7-6-13(21-3)8-11(15)2;2*1-2/h4-9H,1-3H3,(H2,18,19,20);2*1-2H3. The zero-order chi connectivity index (χ0) is 19.4. The summed E-state index contributed by atoms with van der Waals surface area (Å²) in [5, 5.41) is 6.16. The highest BCUT2D eigenvalue weighted by atomic mass is 35.5. The van der Waals surface area contributed by atoms with Gasteiger partial charge in [-0.3, -0.25) is 0 Å². The van der Waals surface area contributed by atoms with Gasteiger partial charge in [-0.15, -0.1) is 0 Å². The Morgan fingerprint density at radius 2 is 1.56 bits per heavy atom. The van der Waals surface area contributed by atoms with Crippen LogP contribution in [0.15, 0.2) is 36.4 Å². The van der Waals surface area contributed by atoms with E-state index in [0.717, 1.165) is 22.6 Å².